The highest BCUT2D eigenvalue weighted by atomic mass is 32.2. The zero-order chi connectivity index (χ0) is 18.1. The van der Waals surface area contributed by atoms with Crippen LogP contribution in [0.1, 0.15) is 18.1 Å². The molecule has 0 aliphatic carbocycles. The molecular formula is C20H18N2O3S. The zero-order valence-corrected chi connectivity index (χ0v) is 15.4. The molecular weight excluding hydrogens is 348 g/mol. The van der Waals surface area contributed by atoms with Gasteiger partial charge in [-0.2, -0.15) is 0 Å². The summed E-state index contributed by atoms with van der Waals surface area (Å²) in [4.78, 5) is 19.8. The van der Waals surface area contributed by atoms with Crippen molar-refractivity contribution < 1.29 is 14.3 Å². The van der Waals surface area contributed by atoms with E-state index in [1.165, 1.54) is 11.8 Å². The molecule has 0 atom stereocenters. The quantitative estimate of drug-likeness (QED) is 0.758. The van der Waals surface area contributed by atoms with Crippen molar-refractivity contribution in [2.24, 2.45) is 4.99 Å². The van der Waals surface area contributed by atoms with Gasteiger partial charge < -0.3 is 9.47 Å². The van der Waals surface area contributed by atoms with Crippen LogP contribution in [0.2, 0.25) is 0 Å². The first-order valence-corrected chi connectivity index (χ1v) is 9.22. The number of likely N-dealkylation sites (N-methyl/N-ethyl adjacent to an activating group) is 1. The third kappa shape index (κ3) is 3.08. The molecule has 0 unspecified atom stereocenters. The van der Waals surface area contributed by atoms with Crippen molar-refractivity contribution in [1.82, 2.24) is 4.90 Å². The second-order valence-electron chi connectivity index (χ2n) is 5.95. The van der Waals surface area contributed by atoms with Crippen molar-refractivity contribution in [2.45, 2.75) is 13.8 Å². The number of nitrogens with zero attached hydrogens (tertiary/aromatic N) is 2. The SMILES string of the molecule is CCN1C(=O)C(=Cc2cc3c(cc2C)OCO3)SC1=Nc1ccccc1. The average Bonchev–Trinajstić information content (AvgIpc) is 3.20. The molecule has 0 spiro atoms. The van der Waals surface area contributed by atoms with Crippen molar-refractivity contribution in [3.05, 3.63) is 58.5 Å². The predicted molar refractivity (Wildman–Crippen MR) is 104 cm³/mol. The van der Waals surface area contributed by atoms with Crippen molar-refractivity contribution in [3.63, 3.8) is 0 Å². The lowest BCUT2D eigenvalue weighted by Gasteiger charge is -2.11. The van der Waals surface area contributed by atoms with Crippen molar-refractivity contribution in [3.8, 4) is 11.5 Å². The van der Waals surface area contributed by atoms with Crippen LogP contribution in [-0.4, -0.2) is 29.3 Å². The molecule has 6 heteroatoms. The van der Waals surface area contributed by atoms with Gasteiger partial charge in [0, 0.05) is 6.54 Å². The molecule has 1 amide bonds. The number of aryl methyl sites for hydroxylation is 1. The summed E-state index contributed by atoms with van der Waals surface area (Å²) in [5, 5.41) is 0.702. The minimum Gasteiger partial charge on any atom is -0.454 e. The van der Waals surface area contributed by atoms with Gasteiger partial charge in [0.05, 0.1) is 10.6 Å². The molecule has 0 radical (unpaired) electrons. The number of amides is 1. The highest BCUT2D eigenvalue weighted by Crippen LogP contribution is 2.38. The number of para-hydroxylation sites is 1. The van der Waals surface area contributed by atoms with Gasteiger partial charge in [0.25, 0.3) is 5.91 Å². The van der Waals surface area contributed by atoms with Crippen molar-refractivity contribution in [2.75, 3.05) is 13.3 Å². The molecule has 0 N–H and O–H groups in total. The Morgan fingerprint density at radius 2 is 1.92 bits per heavy atom. The lowest BCUT2D eigenvalue weighted by molar-refractivity contribution is -0.122. The van der Waals surface area contributed by atoms with Gasteiger partial charge in [-0.3, -0.25) is 9.69 Å². The Morgan fingerprint density at radius 1 is 1.19 bits per heavy atom. The number of thioether (sulfide) groups is 1. The average molecular weight is 366 g/mol. The fourth-order valence-corrected chi connectivity index (χ4v) is 3.89. The molecule has 0 bridgehead atoms. The summed E-state index contributed by atoms with van der Waals surface area (Å²) in [6.45, 7) is 4.76. The van der Waals surface area contributed by atoms with E-state index in [2.05, 4.69) is 4.99 Å². The summed E-state index contributed by atoms with van der Waals surface area (Å²) in [7, 11) is 0. The standard InChI is InChI=1S/C20H18N2O3S/c1-3-22-19(23)18(26-20(22)21-15-7-5-4-6-8-15)11-14-10-17-16(9-13(14)2)24-12-25-17/h4-11H,3,12H2,1-2H3. The molecule has 4 rings (SSSR count). The van der Waals surface area contributed by atoms with Crippen LogP contribution in [-0.2, 0) is 4.79 Å². The van der Waals surface area contributed by atoms with Crippen LogP contribution >= 0.6 is 11.8 Å². The van der Waals surface area contributed by atoms with E-state index in [-0.39, 0.29) is 12.7 Å². The van der Waals surface area contributed by atoms with Gasteiger partial charge in [0.15, 0.2) is 16.7 Å². The number of carbonyl (C=O) groups is 1. The van der Waals surface area contributed by atoms with E-state index >= 15 is 0 Å². The normalized spacial score (nSPS) is 19.0. The fraction of sp³-hybridized carbons (Fsp3) is 0.200. The van der Waals surface area contributed by atoms with Gasteiger partial charge in [0.2, 0.25) is 6.79 Å². The zero-order valence-electron chi connectivity index (χ0n) is 14.6. The number of carbonyl (C=O) groups excluding carboxylic acids is 1. The van der Waals surface area contributed by atoms with E-state index in [4.69, 9.17) is 9.47 Å². The molecule has 2 aliphatic rings. The Bertz CT molecular complexity index is 922. The molecule has 2 heterocycles. The number of rotatable bonds is 3. The van der Waals surface area contributed by atoms with Gasteiger partial charge >= 0.3 is 0 Å². The predicted octanol–water partition coefficient (Wildman–Crippen LogP) is 4.35. The first kappa shape index (κ1) is 16.7. The lowest BCUT2D eigenvalue weighted by Crippen LogP contribution is -2.28. The minimum absolute atomic E-state index is 0.0238. The van der Waals surface area contributed by atoms with E-state index in [1.54, 1.807) is 4.90 Å². The molecule has 2 aromatic carbocycles. The molecule has 132 valence electrons. The summed E-state index contributed by atoms with van der Waals surface area (Å²) >= 11 is 1.40. The number of benzene rings is 2. The maximum Gasteiger partial charge on any atom is 0.266 e. The Balaban J connectivity index is 1.68. The van der Waals surface area contributed by atoms with Crippen LogP contribution in [0.4, 0.5) is 5.69 Å². The van der Waals surface area contributed by atoms with Gasteiger partial charge in [-0.15, -0.1) is 0 Å². The smallest absolute Gasteiger partial charge is 0.266 e. The summed E-state index contributed by atoms with van der Waals surface area (Å²) in [5.41, 5.74) is 2.82. The Morgan fingerprint density at radius 3 is 2.65 bits per heavy atom. The third-order valence-electron chi connectivity index (χ3n) is 4.23. The Kier molecular flexibility index (Phi) is 4.42. The second kappa shape index (κ2) is 6.88. The second-order valence-corrected chi connectivity index (χ2v) is 6.96. The summed E-state index contributed by atoms with van der Waals surface area (Å²) < 4.78 is 10.9. The van der Waals surface area contributed by atoms with Gasteiger partial charge in [-0.05, 0) is 67.1 Å². The first-order valence-electron chi connectivity index (χ1n) is 8.41. The van der Waals surface area contributed by atoms with E-state index in [1.807, 2.05) is 62.4 Å². The number of aliphatic imine (C=N–C) groups is 1. The summed E-state index contributed by atoms with van der Waals surface area (Å²) in [6.07, 6.45) is 1.90. The minimum atomic E-state index is -0.0238. The molecule has 0 aromatic heterocycles. The number of amidine groups is 1. The van der Waals surface area contributed by atoms with Crippen molar-refractivity contribution in [1.29, 1.82) is 0 Å². The van der Waals surface area contributed by atoms with Crippen LogP contribution < -0.4 is 9.47 Å². The number of fused-ring (bicyclic) bond motifs is 1. The molecule has 1 saturated heterocycles. The lowest BCUT2D eigenvalue weighted by atomic mass is 10.1. The van der Waals surface area contributed by atoms with E-state index < -0.39 is 0 Å². The van der Waals surface area contributed by atoms with Gasteiger partial charge in [0.1, 0.15) is 0 Å². The molecule has 2 aliphatic heterocycles. The molecule has 1 fully saturated rings. The summed E-state index contributed by atoms with van der Waals surface area (Å²) in [6, 6.07) is 13.5. The van der Waals surface area contributed by atoms with E-state index in [0.717, 1.165) is 22.6 Å². The number of hydrogen-bond donors (Lipinski definition) is 0. The highest BCUT2D eigenvalue weighted by molar-refractivity contribution is 8.18. The van der Waals surface area contributed by atoms with Gasteiger partial charge in [-0.1, -0.05) is 18.2 Å². The van der Waals surface area contributed by atoms with Crippen LogP contribution in [0.15, 0.2) is 52.4 Å². The third-order valence-corrected chi connectivity index (χ3v) is 5.24. The van der Waals surface area contributed by atoms with Crippen LogP contribution in [0, 0.1) is 6.92 Å². The van der Waals surface area contributed by atoms with Crippen LogP contribution in [0.5, 0.6) is 11.5 Å². The molecule has 0 saturated carbocycles. The molecule has 2 aromatic rings. The summed E-state index contributed by atoms with van der Waals surface area (Å²) in [5.74, 6) is 1.43. The van der Waals surface area contributed by atoms with Crippen molar-refractivity contribution >= 4 is 34.6 Å². The maximum atomic E-state index is 12.8. The van der Waals surface area contributed by atoms with Crippen LogP contribution in [0.25, 0.3) is 6.08 Å². The number of hydrogen-bond acceptors (Lipinski definition) is 5. The largest absolute Gasteiger partial charge is 0.454 e. The fourth-order valence-electron chi connectivity index (χ4n) is 2.84. The van der Waals surface area contributed by atoms with E-state index in [0.29, 0.717) is 22.4 Å². The molecule has 5 nitrogen and oxygen atoms in total. The monoisotopic (exact) mass is 366 g/mol. The Hall–Kier alpha value is -2.73. The highest BCUT2D eigenvalue weighted by Gasteiger charge is 2.32. The first-order chi connectivity index (χ1) is 12.7. The van der Waals surface area contributed by atoms with Gasteiger partial charge in [-0.25, -0.2) is 4.99 Å². The van der Waals surface area contributed by atoms with E-state index in [9.17, 15) is 4.79 Å². The Labute approximate surface area is 156 Å². The number of ether oxygens (including phenoxy) is 2. The molecule has 26 heavy (non-hydrogen) atoms. The van der Waals surface area contributed by atoms with Crippen LogP contribution in [0.3, 0.4) is 0 Å². The maximum absolute atomic E-state index is 12.8. The topological polar surface area (TPSA) is 51.1 Å².